The van der Waals surface area contributed by atoms with Crippen LogP contribution in [-0.4, -0.2) is 30.6 Å². The highest BCUT2D eigenvalue weighted by atomic mass is 15.2. The number of hydrogen-bond donors (Lipinski definition) is 1. The lowest BCUT2D eigenvalue weighted by Gasteiger charge is -2.37. The van der Waals surface area contributed by atoms with Crippen molar-refractivity contribution in [3.8, 4) is 0 Å². The molecule has 1 saturated carbocycles. The van der Waals surface area contributed by atoms with Crippen LogP contribution in [0.1, 0.15) is 52.4 Å². The Labute approximate surface area is 95.2 Å². The second-order valence-corrected chi connectivity index (χ2v) is 5.48. The van der Waals surface area contributed by atoms with Crippen molar-refractivity contribution in [2.24, 2.45) is 11.7 Å². The van der Waals surface area contributed by atoms with Gasteiger partial charge in [-0.3, -0.25) is 4.90 Å². The predicted octanol–water partition coefficient (Wildman–Crippen LogP) is 2.62. The Hall–Kier alpha value is -0.0800. The van der Waals surface area contributed by atoms with Crippen molar-refractivity contribution in [2.45, 2.75) is 64.5 Å². The molecule has 1 fully saturated rings. The van der Waals surface area contributed by atoms with Crippen molar-refractivity contribution in [3.63, 3.8) is 0 Å². The molecule has 90 valence electrons. The van der Waals surface area contributed by atoms with E-state index >= 15 is 0 Å². The Balaban J connectivity index is 2.43. The van der Waals surface area contributed by atoms with Gasteiger partial charge in [0.2, 0.25) is 0 Å². The van der Waals surface area contributed by atoms with Crippen molar-refractivity contribution >= 4 is 0 Å². The van der Waals surface area contributed by atoms with Crippen LogP contribution < -0.4 is 5.73 Å². The predicted molar refractivity (Wildman–Crippen MR) is 66.9 cm³/mol. The molecule has 0 aliphatic heterocycles. The first-order valence-corrected chi connectivity index (χ1v) is 6.57. The molecule has 0 heterocycles. The van der Waals surface area contributed by atoms with E-state index < -0.39 is 0 Å². The molecule has 1 unspecified atom stereocenters. The molecule has 0 saturated heterocycles. The molecule has 1 atom stereocenters. The van der Waals surface area contributed by atoms with Gasteiger partial charge in [-0.15, -0.1) is 0 Å². The zero-order valence-electron chi connectivity index (χ0n) is 10.7. The van der Waals surface area contributed by atoms with Crippen LogP contribution in [0.4, 0.5) is 0 Å². The molecule has 0 aromatic heterocycles. The molecule has 0 amide bonds. The Morgan fingerprint density at radius 2 is 1.80 bits per heavy atom. The average molecular weight is 212 g/mol. The number of rotatable bonds is 5. The fourth-order valence-corrected chi connectivity index (χ4v) is 2.76. The van der Waals surface area contributed by atoms with Gasteiger partial charge in [-0.1, -0.05) is 33.1 Å². The highest BCUT2D eigenvalue weighted by Gasteiger charge is 2.23. The molecule has 15 heavy (non-hydrogen) atoms. The molecule has 1 rings (SSSR count). The summed E-state index contributed by atoms with van der Waals surface area (Å²) in [7, 11) is 2.27. The first-order chi connectivity index (χ1) is 7.15. The molecule has 2 heteroatoms. The molecular formula is C13H28N2. The summed E-state index contributed by atoms with van der Waals surface area (Å²) in [6.07, 6.45) is 8.25. The summed E-state index contributed by atoms with van der Waals surface area (Å²) in [6, 6.07) is 1.39. The lowest BCUT2D eigenvalue weighted by atomic mass is 9.92. The molecule has 1 aliphatic carbocycles. The Kier molecular flexibility index (Phi) is 5.62. The van der Waals surface area contributed by atoms with Crippen LogP contribution in [0.15, 0.2) is 0 Å². The SMILES string of the molecule is CC(C)CC(CN)N(C)C1CCCCC1. The normalized spacial score (nSPS) is 21.2. The second-order valence-electron chi connectivity index (χ2n) is 5.48. The first-order valence-electron chi connectivity index (χ1n) is 6.57. The Morgan fingerprint density at radius 1 is 1.20 bits per heavy atom. The number of nitrogens with two attached hydrogens (primary N) is 1. The summed E-state index contributed by atoms with van der Waals surface area (Å²) < 4.78 is 0. The average Bonchev–Trinajstić information content (AvgIpc) is 2.26. The van der Waals surface area contributed by atoms with Gasteiger partial charge >= 0.3 is 0 Å². The maximum Gasteiger partial charge on any atom is 0.0220 e. The van der Waals surface area contributed by atoms with Crippen LogP contribution in [0.25, 0.3) is 0 Å². The molecule has 0 aromatic carbocycles. The van der Waals surface area contributed by atoms with Crippen LogP contribution >= 0.6 is 0 Å². The van der Waals surface area contributed by atoms with E-state index in [-0.39, 0.29) is 0 Å². The quantitative estimate of drug-likeness (QED) is 0.759. The van der Waals surface area contributed by atoms with Gasteiger partial charge in [-0.2, -0.15) is 0 Å². The molecule has 2 nitrogen and oxygen atoms in total. The molecular weight excluding hydrogens is 184 g/mol. The van der Waals surface area contributed by atoms with E-state index in [4.69, 9.17) is 5.73 Å². The van der Waals surface area contributed by atoms with Crippen molar-refractivity contribution < 1.29 is 0 Å². The molecule has 0 aromatic rings. The van der Waals surface area contributed by atoms with E-state index in [1.165, 1.54) is 38.5 Å². The number of nitrogens with zero attached hydrogens (tertiary/aromatic N) is 1. The minimum atomic E-state index is 0.591. The zero-order valence-corrected chi connectivity index (χ0v) is 10.7. The van der Waals surface area contributed by atoms with Crippen molar-refractivity contribution in [1.82, 2.24) is 4.90 Å². The third-order valence-corrected chi connectivity index (χ3v) is 3.74. The summed E-state index contributed by atoms with van der Waals surface area (Å²) in [5.41, 5.74) is 5.89. The van der Waals surface area contributed by atoms with Crippen LogP contribution in [0, 0.1) is 5.92 Å². The van der Waals surface area contributed by atoms with Crippen LogP contribution in [0.2, 0.25) is 0 Å². The van der Waals surface area contributed by atoms with Crippen molar-refractivity contribution in [1.29, 1.82) is 0 Å². The van der Waals surface area contributed by atoms with E-state index in [0.717, 1.165) is 18.5 Å². The monoisotopic (exact) mass is 212 g/mol. The van der Waals surface area contributed by atoms with Gasteiger partial charge in [0.25, 0.3) is 0 Å². The maximum atomic E-state index is 5.89. The van der Waals surface area contributed by atoms with Gasteiger partial charge in [-0.05, 0) is 32.2 Å². The summed E-state index contributed by atoms with van der Waals surface area (Å²) in [6.45, 7) is 5.39. The standard InChI is InChI=1S/C13H28N2/c1-11(2)9-13(10-14)15(3)12-7-5-4-6-8-12/h11-13H,4-10,14H2,1-3H3. The minimum absolute atomic E-state index is 0.591. The smallest absolute Gasteiger partial charge is 0.0220 e. The van der Waals surface area contributed by atoms with E-state index in [1.54, 1.807) is 0 Å². The van der Waals surface area contributed by atoms with Gasteiger partial charge in [0.15, 0.2) is 0 Å². The van der Waals surface area contributed by atoms with E-state index in [9.17, 15) is 0 Å². The van der Waals surface area contributed by atoms with Gasteiger partial charge in [0.05, 0.1) is 0 Å². The fraction of sp³-hybridized carbons (Fsp3) is 1.00. The van der Waals surface area contributed by atoms with Gasteiger partial charge in [0, 0.05) is 18.6 Å². The highest BCUT2D eigenvalue weighted by molar-refractivity contribution is 4.80. The topological polar surface area (TPSA) is 29.3 Å². The summed E-state index contributed by atoms with van der Waals surface area (Å²) in [4.78, 5) is 2.55. The summed E-state index contributed by atoms with van der Waals surface area (Å²) in [5, 5.41) is 0. The molecule has 1 aliphatic rings. The van der Waals surface area contributed by atoms with Crippen LogP contribution in [0.3, 0.4) is 0 Å². The molecule has 0 radical (unpaired) electrons. The van der Waals surface area contributed by atoms with E-state index in [2.05, 4.69) is 25.8 Å². The third kappa shape index (κ3) is 4.12. The Bertz CT molecular complexity index is 162. The molecule has 0 spiro atoms. The van der Waals surface area contributed by atoms with Crippen LogP contribution in [-0.2, 0) is 0 Å². The zero-order chi connectivity index (χ0) is 11.3. The van der Waals surface area contributed by atoms with Gasteiger partial charge in [0.1, 0.15) is 0 Å². The second kappa shape index (κ2) is 6.49. The van der Waals surface area contributed by atoms with E-state index in [1.807, 2.05) is 0 Å². The van der Waals surface area contributed by atoms with Gasteiger partial charge < -0.3 is 5.73 Å². The first kappa shape index (κ1) is 13.0. The van der Waals surface area contributed by atoms with E-state index in [0.29, 0.717) is 6.04 Å². The molecule has 0 bridgehead atoms. The van der Waals surface area contributed by atoms with Crippen molar-refractivity contribution in [3.05, 3.63) is 0 Å². The third-order valence-electron chi connectivity index (χ3n) is 3.74. The molecule has 2 N–H and O–H groups in total. The highest BCUT2D eigenvalue weighted by Crippen LogP contribution is 2.24. The van der Waals surface area contributed by atoms with Crippen molar-refractivity contribution in [2.75, 3.05) is 13.6 Å². The summed E-state index contributed by atoms with van der Waals surface area (Å²) >= 11 is 0. The lowest BCUT2D eigenvalue weighted by Crippen LogP contribution is -2.45. The van der Waals surface area contributed by atoms with Crippen LogP contribution in [0.5, 0.6) is 0 Å². The van der Waals surface area contributed by atoms with Gasteiger partial charge in [-0.25, -0.2) is 0 Å². The Morgan fingerprint density at radius 3 is 2.27 bits per heavy atom. The maximum absolute atomic E-state index is 5.89. The fourth-order valence-electron chi connectivity index (χ4n) is 2.76. The number of likely N-dealkylation sites (N-methyl/N-ethyl adjacent to an activating group) is 1. The largest absolute Gasteiger partial charge is 0.329 e. The number of hydrogen-bond acceptors (Lipinski definition) is 2. The minimum Gasteiger partial charge on any atom is -0.329 e. The summed E-state index contributed by atoms with van der Waals surface area (Å²) in [5.74, 6) is 0.754. The lowest BCUT2D eigenvalue weighted by molar-refractivity contribution is 0.126.